The first-order chi connectivity index (χ1) is 39.8. The fraction of sp³-hybridized carbons (Fsp3) is 0.290. The summed E-state index contributed by atoms with van der Waals surface area (Å²) < 4.78 is 67.2. The number of rotatable bonds is 22. The average molecular weight is 1200 g/mol. The fourth-order valence-electron chi connectivity index (χ4n) is 10.7. The average Bonchev–Trinajstić information content (AvgIpc) is 4.18. The van der Waals surface area contributed by atoms with Gasteiger partial charge in [0.15, 0.2) is 0 Å². The van der Waals surface area contributed by atoms with Gasteiger partial charge in [-0.2, -0.15) is 0 Å². The number of ether oxygens (including phenoxy) is 8. The van der Waals surface area contributed by atoms with Gasteiger partial charge in [-0.05, 0) is 0 Å². The molecule has 10 rings (SSSR count). The molecule has 8 aromatic rings. The van der Waals surface area contributed by atoms with Crippen LogP contribution in [0.4, 0.5) is 0 Å². The summed E-state index contributed by atoms with van der Waals surface area (Å²) in [7, 11) is 4.52. The van der Waals surface area contributed by atoms with E-state index in [2.05, 4.69) is 25.5 Å². The Morgan fingerprint density at radius 2 is 0.854 bits per heavy atom. The Labute approximate surface area is 482 Å². The Balaban J connectivity index is 0.996. The second kappa shape index (κ2) is 25.4. The zero-order chi connectivity index (χ0) is 57.5. The third-order valence-corrected chi connectivity index (χ3v) is 17.0. The predicted octanol–water partition coefficient (Wildman–Crippen LogP) is 8.50. The van der Waals surface area contributed by atoms with Crippen LogP contribution in [-0.2, 0) is 39.2 Å². The van der Waals surface area contributed by atoms with Gasteiger partial charge in [0.25, 0.3) is 0 Å². The zero-order valence-electron chi connectivity index (χ0n) is 45.9. The van der Waals surface area contributed by atoms with E-state index in [1.165, 1.54) is 21.5 Å². The van der Waals surface area contributed by atoms with Crippen LogP contribution in [0.5, 0.6) is 23.0 Å². The minimum atomic E-state index is -1.92. The number of hydrogen-bond acceptors (Lipinski definition) is 14. The predicted molar refractivity (Wildman–Crippen MR) is 308 cm³/mol. The molecule has 7 atom stereocenters. The molecule has 18 nitrogen and oxygen atoms in total. The van der Waals surface area contributed by atoms with Crippen molar-refractivity contribution < 1.29 is 46.9 Å². The van der Waals surface area contributed by atoms with E-state index in [1.54, 1.807) is 42.3 Å². The normalized spacial score (nSPS) is 19.4. The third-order valence-electron chi connectivity index (χ3n) is 15.0. The Bertz CT molecular complexity index is 3580. The van der Waals surface area contributed by atoms with Gasteiger partial charge in [0, 0.05) is 0 Å². The number of methoxy groups -OCH3 is 4. The summed E-state index contributed by atoms with van der Waals surface area (Å²) in [6.45, 7) is 3.07. The van der Waals surface area contributed by atoms with Gasteiger partial charge in [-0.3, -0.25) is 0 Å². The first-order valence-electron chi connectivity index (χ1n) is 26.5. The van der Waals surface area contributed by atoms with Gasteiger partial charge in [-0.1, -0.05) is 0 Å². The topological polar surface area (TPSA) is 202 Å². The van der Waals surface area contributed by atoms with Gasteiger partial charge < -0.3 is 0 Å². The molecular formula is C62H62N4O14PSe. The first kappa shape index (κ1) is 57.8. The summed E-state index contributed by atoms with van der Waals surface area (Å²) >= 11 is 3.10. The summed E-state index contributed by atoms with van der Waals surface area (Å²) in [5, 5.41) is 0. The molecule has 2 aliphatic heterocycles. The van der Waals surface area contributed by atoms with E-state index >= 15 is 0 Å². The summed E-state index contributed by atoms with van der Waals surface area (Å²) in [5.41, 5.74) is 0.552. The van der Waals surface area contributed by atoms with E-state index in [-0.39, 0.29) is 26.1 Å². The maximum absolute atomic E-state index is 13.6. The summed E-state index contributed by atoms with van der Waals surface area (Å²) in [4.78, 5) is 57.2. The molecule has 0 bridgehead atoms. The Morgan fingerprint density at radius 1 is 0.500 bits per heavy atom. The van der Waals surface area contributed by atoms with Gasteiger partial charge in [-0.15, -0.1) is 0 Å². The quantitative estimate of drug-likeness (QED) is 0.0372. The number of aromatic nitrogens is 4. The van der Waals surface area contributed by atoms with Crippen LogP contribution >= 0.6 is 7.07 Å². The van der Waals surface area contributed by atoms with Crippen molar-refractivity contribution in [3.05, 3.63) is 256 Å². The van der Waals surface area contributed by atoms with Crippen LogP contribution in [0.25, 0.3) is 0 Å². The number of aryl methyl sites for hydroxylation is 2. The molecule has 20 heteroatoms. The van der Waals surface area contributed by atoms with E-state index in [1.807, 2.05) is 158 Å². The molecule has 2 aliphatic rings. The first-order valence-corrected chi connectivity index (χ1v) is 29.9. The van der Waals surface area contributed by atoms with Crippen LogP contribution in [0.3, 0.4) is 0 Å². The van der Waals surface area contributed by atoms with Crippen LogP contribution in [-0.4, -0.2) is 101 Å². The third kappa shape index (κ3) is 11.9. The van der Waals surface area contributed by atoms with Crippen molar-refractivity contribution in [2.24, 2.45) is 0 Å². The summed E-state index contributed by atoms with van der Waals surface area (Å²) in [5.74, 6) is 2.61. The number of nitrogens with one attached hydrogen (secondary N) is 2. The summed E-state index contributed by atoms with van der Waals surface area (Å²) in [6.07, 6.45) is -1.75. The monoisotopic (exact) mass is 1200 g/mol. The van der Waals surface area contributed by atoms with Crippen molar-refractivity contribution in [1.82, 2.24) is 19.1 Å². The van der Waals surface area contributed by atoms with Crippen molar-refractivity contribution in [3.63, 3.8) is 0 Å². The van der Waals surface area contributed by atoms with E-state index in [0.29, 0.717) is 34.1 Å². The molecule has 0 aliphatic carbocycles. The number of aromatic amines is 2. The standard InChI is InChI=1S/C62H62N4O14PSe/c1-39-35-65(59(69)63-57(39)67)55-33-51(79-62(42-15-11-8-12-16-42,45-21-29-49(73-5)30-22-45)46-23-31-50(74-6)32-24-46)54(78-55)38-76-81(82)80-52-34-56(66-36-40(2)58(68)64-60(66)70)77-53(52)37-75-61(41-13-9-7-10-14-41,43-17-25-47(71-3)26-18-43)44-19-27-48(72-4)28-20-44/h7-32,35-36,51-56H,33-34,37-38H2,1-6H3,(H,63,67,69)(H,64,68,70)/t51-,52-,53+,54+,55+,56+,81+/m0/s1. The molecule has 2 fully saturated rings. The van der Waals surface area contributed by atoms with Crippen LogP contribution in [0.15, 0.2) is 189 Å². The van der Waals surface area contributed by atoms with Crippen LogP contribution in [0.1, 0.15) is 69.8 Å². The number of nitrogens with zero attached hydrogens (tertiary/aromatic N) is 2. The molecule has 2 aromatic heterocycles. The van der Waals surface area contributed by atoms with E-state index in [0.717, 1.165) is 33.4 Å². The molecule has 2 saturated heterocycles. The van der Waals surface area contributed by atoms with Crippen molar-refractivity contribution in [2.45, 2.75) is 74.8 Å². The van der Waals surface area contributed by atoms with Crippen molar-refractivity contribution in [2.75, 3.05) is 41.7 Å². The molecule has 2 N–H and O–H groups in total. The van der Waals surface area contributed by atoms with Crippen molar-refractivity contribution in [1.29, 1.82) is 0 Å². The molecule has 1 radical (unpaired) electrons. The van der Waals surface area contributed by atoms with E-state index in [4.69, 9.17) is 46.9 Å². The molecule has 0 spiro atoms. The fourth-order valence-corrected chi connectivity index (χ4v) is 12.5. The van der Waals surface area contributed by atoms with Crippen LogP contribution in [0.2, 0.25) is 0 Å². The number of benzene rings is 6. The maximum atomic E-state index is 13.6. The molecule has 82 heavy (non-hydrogen) atoms. The second-order valence-electron chi connectivity index (χ2n) is 19.8. The summed E-state index contributed by atoms with van der Waals surface area (Å²) in [6, 6.07) is 50.3. The van der Waals surface area contributed by atoms with Crippen molar-refractivity contribution >= 4 is 22.6 Å². The molecular weight excluding hydrogens is 1130 g/mol. The van der Waals surface area contributed by atoms with Gasteiger partial charge in [0.2, 0.25) is 0 Å². The van der Waals surface area contributed by atoms with Crippen molar-refractivity contribution in [3.8, 4) is 23.0 Å². The SMILES string of the molecule is COc1ccc(C(OC[C@H]2O[C@@H](n3cc(C)c(=O)[nH]c3=O)C[C@@H]2O[P@]([Se])OC[C@H]2O[C@@H](n3cc(C)c(=O)[nH]c3=O)C[C@@H]2OC(c2ccccc2)(c2ccc(OC)cc2)c2ccc(OC)cc2)(c2ccccc2)c2ccc(OC)cc2)cc1. The Hall–Kier alpha value is -7.41. The molecule has 4 heterocycles. The van der Waals surface area contributed by atoms with Crippen LogP contribution < -0.4 is 41.4 Å². The zero-order valence-corrected chi connectivity index (χ0v) is 48.5. The van der Waals surface area contributed by atoms with Gasteiger partial charge in [0.05, 0.1) is 28.4 Å². The molecule has 425 valence electrons. The number of hydrogen-bond donors (Lipinski definition) is 2. The van der Waals surface area contributed by atoms with Gasteiger partial charge in [0.1, 0.15) is 0 Å². The minimum absolute atomic E-state index is 0.0661. The van der Waals surface area contributed by atoms with Gasteiger partial charge >= 0.3 is 456 Å². The molecule has 0 amide bonds. The van der Waals surface area contributed by atoms with Gasteiger partial charge in [-0.25, -0.2) is 0 Å². The molecule has 0 unspecified atom stereocenters. The second-order valence-corrected chi connectivity index (χ2v) is 22.6. The Kier molecular flexibility index (Phi) is 17.9. The van der Waals surface area contributed by atoms with Crippen LogP contribution in [0, 0.1) is 13.8 Å². The Morgan fingerprint density at radius 3 is 1.26 bits per heavy atom. The van der Waals surface area contributed by atoms with E-state index in [9.17, 15) is 19.2 Å². The molecule has 0 saturated carbocycles. The van der Waals surface area contributed by atoms with E-state index < -0.39 is 77.6 Å². The molecule has 6 aromatic carbocycles. The number of H-pyrrole nitrogens is 2.